The number of nitrogens with one attached hydrogen (secondary N) is 2. The first-order valence-corrected chi connectivity index (χ1v) is 16.5. The zero-order valence-corrected chi connectivity index (χ0v) is 25.7. The number of amides is 3. The van der Waals surface area contributed by atoms with Crippen LogP contribution in [-0.4, -0.2) is 28.5 Å². The summed E-state index contributed by atoms with van der Waals surface area (Å²) < 4.78 is 0. The van der Waals surface area contributed by atoms with Crippen LogP contribution in [0.5, 0.6) is 0 Å². The summed E-state index contributed by atoms with van der Waals surface area (Å²) in [6, 6.07) is 27.2. The maximum atomic E-state index is 13.7. The Morgan fingerprint density at radius 3 is 2.60 bits per heavy atom. The fraction of sp³-hybridized carbons (Fsp3) is 0.147. The topological polar surface area (TPSA) is 85.2 Å². The number of carbonyl (C=O) groups excluding carboxylic acids is 2. The monoisotopic (exact) mass is 620 g/mol. The van der Waals surface area contributed by atoms with E-state index in [0.29, 0.717) is 22.7 Å². The van der Waals surface area contributed by atoms with Crippen LogP contribution < -0.4 is 15.5 Å². The highest BCUT2D eigenvalue weighted by molar-refractivity contribution is 8.00. The van der Waals surface area contributed by atoms with Gasteiger partial charge >= 0.3 is 6.03 Å². The number of urea groups is 1. The molecule has 9 heteroatoms. The van der Waals surface area contributed by atoms with Crippen LogP contribution in [0.1, 0.15) is 18.9 Å². The number of allylic oxidation sites excluding steroid dienone is 2. The van der Waals surface area contributed by atoms with E-state index in [1.165, 1.54) is 23.1 Å². The number of benzene rings is 3. The van der Waals surface area contributed by atoms with Gasteiger partial charge in [0.05, 0.1) is 27.8 Å². The summed E-state index contributed by atoms with van der Waals surface area (Å²) >= 11 is 4.56. The van der Waals surface area contributed by atoms with Crippen molar-refractivity contribution in [3.8, 4) is 17.2 Å². The highest BCUT2D eigenvalue weighted by atomic mass is 32.2. The molecule has 0 radical (unpaired) electrons. The van der Waals surface area contributed by atoms with Gasteiger partial charge in [-0.05, 0) is 42.3 Å². The van der Waals surface area contributed by atoms with Crippen molar-refractivity contribution in [2.24, 2.45) is 0 Å². The first kappa shape index (κ1) is 28.9. The molecule has 43 heavy (non-hydrogen) atoms. The predicted molar refractivity (Wildman–Crippen MR) is 179 cm³/mol. The van der Waals surface area contributed by atoms with Crippen molar-refractivity contribution in [2.45, 2.75) is 39.7 Å². The van der Waals surface area contributed by atoms with Gasteiger partial charge in [0.1, 0.15) is 11.1 Å². The lowest BCUT2D eigenvalue weighted by Crippen LogP contribution is -2.49. The Labute approximate surface area is 263 Å². The molecule has 1 aliphatic carbocycles. The number of carbonyl (C=O) groups is 2. The lowest BCUT2D eigenvalue weighted by atomic mass is 10.1. The van der Waals surface area contributed by atoms with Crippen molar-refractivity contribution >= 4 is 63.2 Å². The van der Waals surface area contributed by atoms with E-state index in [9.17, 15) is 14.9 Å². The minimum atomic E-state index is -0.384. The third-order valence-electron chi connectivity index (χ3n) is 7.21. The van der Waals surface area contributed by atoms with Crippen molar-refractivity contribution in [1.29, 1.82) is 5.26 Å². The molecule has 0 bridgehead atoms. The van der Waals surface area contributed by atoms with Crippen LogP contribution >= 0.6 is 34.9 Å². The maximum Gasteiger partial charge on any atom is 0.326 e. The van der Waals surface area contributed by atoms with Gasteiger partial charge in [0, 0.05) is 26.4 Å². The molecule has 3 unspecified atom stereocenters. The van der Waals surface area contributed by atoms with Gasteiger partial charge in [-0.15, -0.1) is 34.9 Å². The van der Waals surface area contributed by atoms with Crippen LogP contribution in [0.3, 0.4) is 0 Å². The van der Waals surface area contributed by atoms with Crippen LogP contribution in [-0.2, 0) is 4.79 Å². The van der Waals surface area contributed by atoms with Gasteiger partial charge in [-0.3, -0.25) is 9.69 Å². The number of nitrogens with zero attached hydrogens (tertiary/aromatic N) is 2. The molecule has 6 rings (SSSR count). The lowest BCUT2D eigenvalue weighted by molar-refractivity contribution is -0.115. The predicted octanol–water partition coefficient (Wildman–Crippen LogP) is 8.80. The number of rotatable bonds is 7. The Hall–Kier alpha value is -4.23. The highest BCUT2D eigenvalue weighted by Crippen LogP contribution is 2.44. The average Bonchev–Trinajstić information content (AvgIpc) is 3.45. The number of hydrogen-bond donors (Lipinski definition) is 2. The van der Waals surface area contributed by atoms with Crippen molar-refractivity contribution in [3.05, 3.63) is 114 Å². The molecule has 0 saturated carbocycles. The summed E-state index contributed by atoms with van der Waals surface area (Å²) in [6.45, 7) is 1.96. The number of anilines is 3. The first-order valence-electron chi connectivity index (χ1n) is 13.9. The van der Waals surface area contributed by atoms with Crippen molar-refractivity contribution in [3.63, 3.8) is 0 Å². The summed E-state index contributed by atoms with van der Waals surface area (Å²) in [7, 11) is 0. The van der Waals surface area contributed by atoms with E-state index in [1.807, 2.05) is 108 Å². The standard InChI is InChI=1S/C34H28N4O2S3/c1-2-29(32(39)37-33-25(20-35)26(21-41-33)22-11-4-3-5-12-22)42-24-14-10-13-23(19-24)36-34(40)38-27-15-6-8-17-30(27)43-31-18-9-7-16-28(31)38/h3-19,21,27,29-30H,2H2,1H3,(H,36,40)(H,37,39). The second-order valence-corrected chi connectivity index (χ2v) is 13.3. The normalized spacial score (nSPS) is 17.3. The summed E-state index contributed by atoms with van der Waals surface area (Å²) in [6.07, 6.45) is 8.81. The Morgan fingerprint density at radius 2 is 1.79 bits per heavy atom. The van der Waals surface area contributed by atoms with Crippen LogP contribution in [0, 0.1) is 11.3 Å². The number of nitriles is 1. The van der Waals surface area contributed by atoms with Gasteiger partial charge in [0.25, 0.3) is 0 Å². The molecule has 3 aromatic carbocycles. The zero-order chi connectivity index (χ0) is 29.8. The van der Waals surface area contributed by atoms with E-state index in [0.717, 1.165) is 26.6 Å². The lowest BCUT2D eigenvalue weighted by Gasteiger charge is -2.40. The molecule has 2 N–H and O–H groups in total. The minimum Gasteiger partial charge on any atom is -0.316 e. The van der Waals surface area contributed by atoms with E-state index in [-0.39, 0.29) is 28.5 Å². The largest absolute Gasteiger partial charge is 0.326 e. The fourth-order valence-corrected chi connectivity index (χ4v) is 8.32. The second kappa shape index (κ2) is 13.0. The van der Waals surface area contributed by atoms with E-state index >= 15 is 0 Å². The molecule has 4 aromatic rings. The average molecular weight is 621 g/mol. The van der Waals surface area contributed by atoms with Gasteiger partial charge in [-0.1, -0.05) is 79.8 Å². The van der Waals surface area contributed by atoms with Crippen molar-refractivity contribution in [1.82, 2.24) is 0 Å². The van der Waals surface area contributed by atoms with Crippen LogP contribution in [0.4, 0.5) is 21.2 Å². The molecule has 2 heterocycles. The van der Waals surface area contributed by atoms with Gasteiger partial charge in [0.2, 0.25) is 5.91 Å². The van der Waals surface area contributed by atoms with E-state index < -0.39 is 0 Å². The van der Waals surface area contributed by atoms with Crippen LogP contribution in [0.15, 0.2) is 118 Å². The van der Waals surface area contributed by atoms with Gasteiger partial charge in [-0.25, -0.2) is 4.79 Å². The zero-order valence-electron chi connectivity index (χ0n) is 23.3. The van der Waals surface area contributed by atoms with Crippen LogP contribution in [0.2, 0.25) is 0 Å². The third kappa shape index (κ3) is 6.13. The summed E-state index contributed by atoms with van der Waals surface area (Å²) in [5.41, 5.74) is 3.77. The van der Waals surface area contributed by atoms with E-state index in [4.69, 9.17) is 0 Å². The molecule has 1 aliphatic heterocycles. The molecule has 0 saturated heterocycles. The summed E-state index contributed by atoms with van der Waals surface area (Å²) in [5.74, 6) is -0.162. The fourth-order valence-electron chi connectivity index (χ4n) is 5.13. The Bertz CT molecular complexity index is 1760. The Kier molecular flexibility index (Phi) is 8.70. The molecular weight excluding hydrogens is 593 g/mol. The smallest absolute Gasteiger partial charge is 0.316 e. The molecule has 6 nitrogen and oxygen atoms in total. The summed E-state index contributed by atoms with van der Waals surface area (Å²) in [4.78, 5) is 30.8. The van der Waals surface area contributed by atoms with Crippen molar-refractivity contribution < 1.29 is 9.59 Å². The highest BCUT2D eigenvalue weighted by Gasteiger charge is 2.36. The minimum absolute atomic E-state index is 0.0893. The maximum absolute atomic E-state index is 13.7. The molecular formula is C34H28N4O2S3. The summed E-state index contributed by atoms with van der Waals surface area (Å²) in [5, 5.41) is 18.2. The quantitative estimate of drug-likeness (QED) is 0.202. The molecule has 2 aliphatic rings. The number of thioether (sulfide) groups is 2. The number of fused-ring (bicyclic) bond motifs is 2. The molecule has 3 atom stereocenters. The SMILES string of the molecule is CCC(Sc1cccc(NC(=O)N2c3ccccc3SC3C=CC=CC32)c1)C(=O)Nc1scc(-c2ccccc2)c1C#N. The van der Waals surface area contributed by atoms with E-state index in [2.05, 4.69) is 28.9 Å². The first-order chi connectivity index (χ1) is 21.1. The second-order valence-electron chi connectivity index (χ2n) is 9.97. The molecule has 0 spiro atoms. The third-order valence-corrected chi connectivity index (χ3v) is 10.8. The van der Waals surface area contributed by atoms with Crippen molar-refractivity contribution in [2.75, 3.05) is 15.5 Å². The molecule has 1 aromatic heterocycles. The molecule has 3 amide bonds. The van der Waals surface area contributed by atoms with Gasteiger partial charge in [0.15, 0.2) is 0 Å². The number of thiophene rings is 1. The molecule has 214 valence electrons. The van der Waals surface area contributed by atoms with Gasteiger partial charge < -0.3 is 10.6 Å². The Balaban J connectivity index is 1.16. The van der Waals surface area contributed by atoms with E-state index in [1.54, 1.807) is 11.8 Å². The Morgan fingerprint density at radius 1 is 1.00 bits per heavy atom. The van der Waals surface area contributed by atoms with Gasteiger partial charge in [-0.2, -0.15) is 5.26 Å². The number of hydrogen-bond acceptors (Lipinski definition) is 6. The molecule has 0 fully saturated rings. The number of para-hydroxylation sites is 1. The van der Waals surface area contributed by atoms with Crippen LogP contribution in [0.25, 0.3) is 11.1 Å².